The number of guanidine groups is 1. The molecule has 1 heterocycles. The lowest BCUT2D eigenvalue weighted by molar-refractivity contribution is -0.0512. The number of ether oxygens (including phenoxy) is 2. The molecule has 1 aromatic carbocycles. The summed E-state index contributed by atoms with van der Waals surface area (Å²) < 4.78 is 34.5. The van der Waals surface area contributed by atoms with Gasteiger partial charge in [0.25, 0.3) is 0 Å². The van der Waals surface area contributed by atoms with Crippen LogP contribution in [-0.2, 0) is 19.4 Å². The lowest BCUT2D eigenvalue weighted by atomic mass is 10.1. The fourth-order valence-corrected chi connectivity index (χ4v) is 3.17. The molecule has 0 atom stereocenters. The Bertz CT molecular complexity index is 753. The molecule has 0 aliphatic rings. The quantitative estimate of drug-likeness (QED) is 0.501. The van der Waals surface area contributed by atoms with Crippen molar-refractivity contribution in [3.05, 3.63) is 39.8 Å². The molecule has 0 unspecified atom stereocenters. The van der Waals surface area contributed by atoms with Gasteiger partial charge in [0.2, 0.25) is 0 Å². The summed E-state index contributed by atoms with van der Waals surface area (Å²) in [5.41, 5.74) is 0.849. The van der Waals surface area contributed by atoms with Crippen molar-refractivity contribution >= 4 is 17.3 Å². The first kappa shape index (κ1) is 20.9. The monoisotopic (exact) mass is 398 g/mol. The second kappa shape index (κ2) is 10.7. The van der Waals surface area contributed by atoms with Gasteiger partial charge in [-0.15, -0.1) is 11.3 Å². The van der Waals surface area contributed by atoms with Crippen molar-refractivity contribution in [2.24, 2.45) is 4.99 Å². The van der Waals surface area contributed by atoms with Crippen molar-refractivity contribution in [1.82, 2.24) is 15.6 Å². The Balaban J connectivity index is 1.84. The highest BCUT2D eigenvalue weighted by Gasteiger charge is 2.11. The van der Waals surface area contributed by atoms with Crippen molar-refractivity contribution in [3.8, 4) is 11.5 Å². The second-order valence-electron chi connectivity index (χ2n) is 5.54. The number of rotatable bonds is 9. The first-order valence-corrected chi connectivity index (χ1v) is 9.37. The van der Waals surface area contributed by atoms with Gasteiger partial charge in [0.15, 0.2) is 17.5 Å². The van der Waals surface area contributed by atoms with Crippen molar-refractivity contribution in [2.75, 3.05) is 20.7 Å². The van der Waals surface area contributed by atoms with E-state index in [1.165, 1.54) is 12.0 Å². The number of benzene rings is 1. The van der Waals surface area contributed by atoms with E-state index in [0.29, 0.717) is 25.5 Å². The third kappa shape index (κ3) is 6.67. The van der Waals surface area contributed by atoms with Crippen LogP contribution < -0.4 is 20.1 Å². The number of nitrogens with zero attached hydrogens (tertiary/aromatic N) is 2. The van der Waals surface area contributed by atoms with Crippen LogP contribution in [0.25, 0.3) is 0 Å². The van der Waals surface area contributed by atoms with Gasteiger partial charge in [-0.3, -0.25) is 4.99 Å². The summed E-state index contributed by atoms with van der Waals surface area (Å²) in [6.07, 6.45) is 3.48. The lowest BCUT2D eigenvalue weighted by Crippen LogP contribution is -2.37. The maximum absolute atomic E-state index is 12.5. The average Bonchev–Trinajstić information content (AvgIpc) is 3.12. The average molecular weight is 398 g/mol. The van der Waals surface area contributed by atoms with Crippen molar-refractivity contribution in [3.63, 3.8) is 0 Å². The molecule has 1 aromatic heterocycles. The summed E-state index contributed by atoms with van der Waals surface area (Å²) in [5.74, 6) is 0.961. The van der Waals surface area contributed by atoms with E-state index in [2.05, 4.69) is 32.3 Å². The van der Waals surface area contributed by atoms with E-state index in [1.807, 2.05) is 12.3 Å². The zero-order valence-corrected chi connectivity index (χ0v) is 16.4. The molecule has 2 N–H and O–H groups in total. The molecule has 0 spiro atoms. The van der Waals surface area contributed by atoms with E-state index in [0.717, 1.165) is 17.0 Å². The van der Waals surface area contributed by atoms with Crippen LogP contribution in [0.1, 0.15) is 22.4 Å². The highest BCUT2D eigenvalue weighted by Crippen LogP contribution is 2.29. The predicted molar refractivity (Wildman–Crippen MR) is 103 cm³/mol. The number of halogens is 2. The van der Waals surface area contributed by atoms with Gasteiger partial charge in [-0.05, 0) is 30.5 Å². The maximum atomic E-state index is 12.5. The predicted octanol–water partition coefficient (Wildman–Crippen LogP) is 3.22. The molecular weight excluding hydrogens is 374 g/mol. The molecule has 0 amide bonds. The molecule has 0 saturated carbocycles. The number of aliphatic imine (C=N–C) groups is 1. The zero-order chi connectivity index (χ0) is 19.6. The molecule has 2 rings (SSSR count). The van der Waals surface area contributed by atoms with Crippen LogP contribution in [0.4, 0.5) is 8.78 Å². The molecule has 0 fully saturated rings. The van der Waals surface area contributed by atoms with Gasteiger partial charge in [0.05, 0.1) is 13.7 Å². The minimum atomic E-state index is -2.89. The smallest absolute Gasteiger partial charge is 0.387 e. The van der Waals surface area contributed by atoms with Crippen LogP contribution in [-0.4, -0.2) is 38.3 Å². The Kier molecular flexibility index (Phi) is 8.25. The molecule has 27 heavy (non-hydrogen) atoms. The van der Waals surface area contributed by atoms with Gasteiger partial charge in [0, 0.05) is 24.7 Å². The largest absolute Gasteiger partial charge is 0.493 e. The van der Waals surface area contributed by atoms with E-state index in [1.54, 1.807) is 30.5 Å². The number of aryl methyl sites for hydroxylation is 1. The standard InChI is InChI=1S/C18H24F2N4O2S/c1-4-13-10-23-16(27-13)11-24-18(21-2)22-8-7-12-5-6-14(25-3)15(9-12)26-17(19)20/h5-6,9-10,17H,4,7-8,11H2,1-3H3,(H2,21,22,24). The minimum absolute atomic E-state index is 0.0306. The molecule has 2 aromatic rings. The van der Waals surface area contributed by atoms with E-state index >= 15 is 0 Å². The third-order valence-corrected chi connectivity index (χ3v) is 4.87. The first-order chi connectivity index (χ1) is 13.0. The summed E-state index contributed by atoms with van der Waals surface area (Å²) in [4.78, 5) is 9.78. The molecule has 148 valence electrons. The van der Waals surface area contributed by atoms with Crippen LogP contribution in [0.3, 0.4) is 0 Å². The van der Waals surface area contributed by atoms with Crippen molar-refractivity contribution in [1.29, 1.82) is 0 Å². The van der Waals surface area contributed by atoms with Gasteiger partial charge in [-0.1, -0.05) is 13.0 Å². The van der Waals surface area contributed by atoms with E-state index in [4.69, 9.17) is 4.74 Å². The number of thiazole rings is 1. The second-order valence-corrected chi connectivity index (χ2v) is 6.74. The van der Waals surface area contributed by atoms with Crippen molar-refractivity contribution < 1.29 is 18.3 Å². The van der Waals surface area contributed by atoms with Gasteiger partial charge in [-0.25, -0.2) is 4.98 Å². The number of aromatic nitrogens is 1. The summed E-state index contributed by atoms with van der Waals surface area (Å²) in [6.45, 7) is 0.383. The number of hydrogen-bond acceptors (Lipinski definition) is 5. The third-order valence-electron chi connectivity index (χ3n) is 3.73. The summed E-state index contributed by atoms with van der Waals surface area (Å²) in [5, 5.41) is 7.40. The molecular formula is C18H24F2N4O2S. The highest BCUT2D eigenvalue weighted by atomic mass is 32.1. The number of alkyl halides is 2. The summed E-state index contributed by atoms with van der Waals surface area (Å²) in [7, 11) is 3.10. The SMILES string of the molecule is CCc1cnc(CNC(=NC)NCCc2ccc(OC)c(OC(F)F)c2)s1. The summed E-state index contributed by atoms with van der Waals surface area (Å²) in [6, 6.07) is 5.00. The Labute approximate surface area is 161 Å². The Hall–Kier alpha value is -2.42. The van der Waals surface area contributed by atoms with E-state index in [9.17, 15) is 8.78 Å². The van der Waals surface area contributed by atoms with Gasteiger partial charge in [-0.2, -0.15) is 8.78 Å². The summed E-state index contributed by atoms with van der Waals surface area (Å²) >= 11 is 1.67. The van der Waals surface area contributed by atoms with Gasteiger partial charge in [0.1, 0.15) is 5.01 Å². The van der Waals surface area contributed by atoms with Crippen LogP contribution >= 0.6 is 11.3 Å². The van der Waals surface area contributed by atoms with Gasteiger partial charge < -0.3 is 20.1 Å². The van der Waals surface area contributed by atoms with E-state index < -0.39 is 6.61 Å². The molecule has 9 heteroatoms. The van der Waals surface area contributed by atoms with E-state index in [-0.39, 0.29) is 11.5 Å². The van der Waals surface area contributed by atoms with Crippen LogP contribution in [0.5, 0.6) is 11.5 Å². The molecule has 0 aliphatic carbocycles. The zero-order valence-electron chi connectivity index (χ0n) is 15.6. The topological polar surface area (TPSA) is 67.8 Å². The molecule has 0 radical (unpaired) electrons. The Morgan fingerprint density at radius 2 is 2.11 bits per heavy atom. The fraction of sp³-hybridized carbons (Fsp3) is 0.444. The van der Waals surface area contributed by atoms with Crippen LogP contribution in [0.15, 0.2) is 29.4 Å². The fourth-order valence-electron chi connectivity index (χ4n) is 2.36. The number of nitrogens with one attached hydrogen (secondary N) is 2. The van der Waals surface area contributed by atoms with Gasteiger partial charge >= 0.3 is 6.61 Å². The number of hydrogen-bond donors (Lipinski definition) is 2. The molecule has 0 aliphatic heterocycles. The van der Waals surface area contributed by atoms with Crippen LogP contribution in [0, 0.1) is 0 Å². The molecule has 0 bridgehead atoms. The lowest BCUT2D eigenvalue weighted by Gasteiger charge is -2.13. The Morgan fingerprint density at radius 3 is 2.74 bits per heavy atom. The first-order valence-electron chi connectivity index (χ1n) is 8.55. The minimum Gasteiger partial charge on any atom is -0.493 e. The number of methoxy groups -OCH3 is 1. The Morgan fingerprint density at radius 1 is 1.30 bits per heavy atom. The maximum Gasteiger partial charge on any atom is 0.387 e. The normalized spacial score (nSPS) is 11.6. The highest BCUT2D eigenvalue weighted by molar-refractivity contribution is 7.11. The molecule has 6 nitrogen and oxygen atoms in total. The van der Waals surface area contributed by atoms with Crippen LogP contribution in [0.2, 0.25) is 0 Å². The van der Waals surface area contributed by atoms with Crippen molar-refractivity contribution in [2.45, 2.75) is 32.9 Å². The molecule has 0 saturated heterocycles.